The fourth-order valence-corrected chi connectivity index (χ4v) is 3.80. The number of hydrogen-bond donors (Lipinski definition) is 4. The first-order valence-corrected chi connectivity index (χ1v) is 7.88. The highest BCUT2D eigenvalue weighted by atomic mass is 32.2. The molecule has 0 unspecified atom stereocenters. The Morgan fingerprint density at radius 3 is 2.48 bits per heavy atom. The van der Waals surface area contributed by atoms with Gasteiger partial charge in [-0.15, -0.1) is 0 Å². The fraction of sp³-hybridized carbons (Fsp3) is 0.545. The number of aromatic carboxylic acids is 1. The van der Waals surface area contributed by atoms with E-state index in [2.05, 4.69) is 14.9 Å². The van der Waals surface area contributed by atoms with Gasteiger partial charge in [-0.2, -0.15) is 5.10 Å². The number of hydrogen-bond acceptors (Lipinski definition) is 5. The van der Waals surface area contributed by atoms with Gasteiger partial charge >= 0.3 is 5.97 Å². The van der Waals surface area contributed by atoms with Crippen molar-refractivity contribution < 1.29 is 23.1 Å². The molecule has 116 valence electrons. The summed E-state index contributed by atoms with van der Waals surface area (Å²) < 4.78 is 26.8. The minimum absolute atomic E-state index is 0.229. The number of carboxylic acid groups (broad SMARTS) is 1. The molecular formula is C11H16N4O5S. The van der Waals surface area contributed by atoms with Gasteiger partial charge in [-0.05, 0) is 25.7 Å². The Kier molecular flexibility index (Phi) is 4.28. The third-order valence-corrected chi connectivity index (χ3v) is 5.05. The van der Waals surface area contributed by atoms with Crippen molar-refractivity contribution in [3.63, 3.8) is 0 Å². The highest BCUT2D eigenvalue weighted by Gasteiger charge is 2.31. The summed E-state index contributed by atoms with van der Waals surface area (Å²) in [7, 11) is -4.00. The first-order chi connectivity index (χ1) is 9.81. The molecule has 1 heterocycles. The lowest BCUT2D eigenvalue weighted by Gasteiger charge is -2.26. The number of sulfonamides is 1. The van der Waals surface area contributed by atoms with Crippen LogP contribution in [0.25, 0.3) is 0 Å². The van der Waals surface area contributed by atoms with Gasteiger partial charge in [0.1, 0.15) is 5.56 Å². The van der Waals surface area contributed by atoms with Gasteiger partial charge in [0.25, 0.3) is 10.0 Å². The van der Waals surface area contributed by atoms with Crippen molar-refractivity contribution in [1.29, 1.82) is 0 Å². The molecule has 5 N–H and O–H groups in total. The molecule has 1 aromatic rings. The first-order valence-electron chi connectivity index (χ1n) is 6.39. The second kappa shape index (κ2) is 5.82. The third kappa shape index (κ3) is 3.39. The Morgan fingerprint density at radius 2 is 1.95 bits per heavy atom. The highest BCUT2D eigenvalue weighted by molar-refractivity contribution is 7.89. The summed E-state index contributed by atoms with van der Waals surface area (Å²) in [6.45, 7) is 0. The van der Waals surface area contributed by atoms with Crippen LogP contribution in [0, 0.1) is 5.92 Å². The van der Waals surface area contributed by atoms with Crippen LogP contribution in [0.4, 0.5) is 0 Å². The van der Waals surface area contributed by atoms with Gasteiger partial charge in [0.2, 0.25) is 5.91 Å². The predicted octanol–water partition coefficient (Wildman–Crippen LogP) is -0.570. The number of carbonyl (C=O) groups excluding carboxylic acids is 1. The smallest absolute Gasteiger partial charge is 0.340 e. The van der Waals surface area contributed by atoms with Gasteiger partial charge in [0.05, 0.1) is 6.20 Å². The van der Waals surface area contributed by atoms with Crippen molar-refractivity contribution in [3.05, 3.63) is 11.8 Å². The molecule has 21 heavy (non-hydrogen) atoms. The summed E-state index contributed by atoms with van der Waals surface area (Å²) in [4.78, 5) is 22.0. The molecule has 1 aromatic heterocycles. The van der Waals surface area contributed by atoms with Crippen molar-refractivity contribution in [3.8, 4) is 0 Å². The number of rotatable bonds is 5. The van der Waals surface area contributed by atoms with Crippen molar-refractivity contribution >= 4 is 21.9 Å². The van der Waals surface area contributed by atoms with Crippen molar-refractivity contribution in [1.82, 2.24) is 14.9 Å². The third-order valence-electron chi connectivity index (χ3n) is 3.55. The average Bonchev–Trinajstić information content (AvgIpc) is 2.89. The van der Waals surface area contributed by atoms with Gasteiger partial charge in [-0.1, -0.05) is 0 Å². The maximum absolute atomic E-state index is 12.2. The average molecular weight is 316 g/mol. The minimum Gasteiger partial charge on any atom is -0.478 e. The van der Waals surface area contributed by atoms with Crippen LogP contribution >= 0.6 is 0 Å². The summed E-state index contributed by atoms with van der Waals surface area (Å²) in [6.07, 6.45) is 2.92. The predicted molar refractivity (Wildman–Crippen MR) is 70.8 cm³/mol. The first kappa shape index (κ1) is 15.4. The number of aromatic nitrogens is 2. The quantitative estimate of drug-likeness (QED) is 0.570. The van der Waals surface area contributed by atoms with Crippen molar-refractivity contribution in [2.45, 2.75) is 36.8 Å². The molecule has 1 aliphatic carbocycles. The van der Waals surface area contributed by atoms with E-state index in [-0.39, 0.29) is 17.9 Å². The Labute approximate surface area is 121 Å². The maximum atomic E-state index is 12.2. The molecule has 2 rings (SSSR count). The number of primary amides is 1. The van der Waals surface area contributed by atoms with Crippen LogP contribution in [0.15, 0.2) is 11.2 Å². The molecule has 0 aromatic carbocycles. The molecular weight excluding hydrogens is 300 g/mol. The molecule has 1 aliphatic rings. The summed E-state index contributed by atoms with van der Waals surface area (Å²) in [5.74, 6) is -1.98. The molecule has 1 fully saturated rings. The van der Waals surface area contributed by atoms with Crippen LogP contribution in [0.5, 0.6) is 0 Å². The van der Waals surface area contributed by atoms with Crippen molar-refractivity contribution in [2.24, 2.45) is 11.7 Å². The fourth-order valence-electron chi connectivity index (χ4n) is 2.41. The van der Waals surface area contributed by atoms with Gasteiger partial charge in [-0.25, -0.2) is 17.9 Å². The molecule has 0 atom stereocenters. The molecule has 0 radical (unpaired) electrons. The summed E-state index contributed by atoms with van der Waals surface area (Å²) in [5.41, 5.74) is 4.81. The van der Waals surface area contributed by atoms with Gasteiger partial charge < -0.3 is 10.8 Å². The largest absolute Gasteiger partial charge is 0.478 e. The summed E-state index contributed by atoms with van der Waals surface area (Å²) in [5, 5.41) is 14.1. The van der Waals surface area contributed by atoms with Gasteiger partial charge in [-0.3, -0.25) is 9.89 Å². The summed E-state index contributed by atoms with van der Waals surface area (Å²) >= 11 is 0. The van der Waals surface area contributed by atoms with Crippen LogP contribution < -0.4 is 10.5 Å². The van der Waals surface area contributed by atoms with Crippen LogP contribution in [-0.2, 0) is 14.8 Å². The number of nitrogens with two attached hydrogens (primary N) is 1. The molecule has 0 saturated heterocycles. The molecule has 9 nitrogen and oxygen atoms in total. The SMILES string of the molecule is NC(=O)C1CCC(NS(=O)(=O)c2[nH]ncc2C(=O)O)CC1. The second-order valence-corrected chi connectivity index (χ2v) is 6.64. The number of H-pyrrole nitrogens is 1. The second-order valence-electron chi connectivity index (χ2n) is 4.99. The molecule has 0 spiro atoms. The number of carboxylic acids is 1. The lowest BCUT2D eigenvalue weighted by Crippen LogP contribution is -2.40. The van der Waals surface area contributed by atoms with Crippen LogP contribution in [0.2, 0.25) is 0 Å². The Balaban J connectivity index is 2.07. The zero-order valence-corrected chi connectivity index (χ0v) is 11.9. The van der Waals surface area contributed by atoms with Crippen LogP contribution in [0.1, 0.15) is 36.0 Å². The zero-order chi connectivity index (χ0) is 15.6. The summed E-state index contributed by atoms with van der Waals surface area (Å²) in [6, 6.07) is -0.351. The highest BCUT2D eigenvalue weighted by Crippen LogP contribution is 2.25. The standard InChI is InChI=1S/C11H16N4O5S/c12-9(16)6-1-3-7(4-2-6)15-21(19,20)10-8(11(17)18)5-13-14-10/h5-7,15H,1-4H2,(H2,12,16)(H,13,14)(H,17,18). The van der Waals surface area contributed by atoms with E-state index in [1.165, 1.54) is 0 Å². The van der Waals surface area contributed by atoms with E-state index in [1.807, 2.05) is 0 Å². The van der Waals surface area contributed by atoms with E-state index in [9.17, 15) is 18.0 Å². The normalized spacial score (nSPS) is 22.9. The zero-order valence-electron chi connectivity index (χ0n) is 11.1. The maximum Gasteiger partial charge on any atom is 0.340 e. The Morgan fingerprint density at radius 1 is 1.33 bits per heavy atom. The van der Waals surface area contributed by atoms with Gasteiger partial charge in [0, 0.05) is 12.0 Å². The van der Waals surface area contributed by atoms with E-state index in [0.29, 0.717) is 25.7 Å². The molecule has 10 heteroatoms. The number of carbonyl (C=O) groups is 2. The van der Waals surface area contributed by atoms with Crippen LogP contribution in [0.3, 0.4) is 0 Å². The molecule has 1 saturated carbocycles. The lowest BCUT2D eigenvalue weighted by molar-refractivity contribution is -0.122. The van der Waals surface area contributed by atoms with E-state index in [1.54, 1.807) is 0 Å². The van der Waals surface area contributed by atoms with Crippen LogP contribution in [-0.4, -0.2) is 41.6 Å². The topological polar surface area (TPSA) is 155 Å². The number of nitrogens with one attached hydrogen (secondary N) is 2. The molecule has 0 bridgehead atoms. The lowest BCUT2D eigenvalue weighted by atomic mass is 9.86. The number of nitrogens with zero attached hydrogens (tertiary/aromatic N) is 1. The number of aromatic amines is 1. The van der Waals surface area contributed by atoms with E-state index in [4.69, 9.17) is 10.8 Å². The minimum atomic E-state index is -4.00. The monoisotopic (exact) mass is 316 g/mol. The van der Waals surface area contributed by atoms with Gasteiger partial charge in [0.15, 0.2) is 5.03 Å². The van der Waals surface area contributed by atoms with E-state index < -0.39 is 26.6 Å². The van der Waals surface area contributed by atoms with E-state index >= 15 is 0 Å². The molecule has 0 aliphatic heterocycles. The Hall–Kier alpha value is -1.94. The van der Waals surface area contributed by atoms with Crippen molar-refractivity contribution in [2.75, 3.05) is 0 Å². The van der Waals surface area contributed by atoms with E-state index in [0.717, 1.165) is 6.20 Å². The molecule has 1 amide bonds. The Bertz CT molecular complexity index is 645. The number of amides is 1.